The van der Waals surface area contributed by atoms with Crippen molar-refractivity contribution in [2.75, 3.05) is 0 Å². The summed E-state index contributed by atoms with van der Waals surface area (Å²) in [5.74, 6) is 0. The van der Waals surface area contributed by atoms with Crippen LogP contribution in [-0.2, 0) is 5.41 Å². The number of hydrogen-bond acceptors (Lipinski definition) is 2. The maximum Gasteiger partial charge on any atom is 0.138 e. The van der Waals surface area contributed by atoms with E-state index in [9.17, 15) is 0 Å². The van der Waals surface area contributed by atoms with E-state index in [0.29, 0.717) is 0 Å². The highest BCUT2D eigenvalue weighted by molar-refractivity contribution is 5.88. The molecule has 0 fully saturated rings. The molecule has 0 aliphatic heterocycles. The maximum atomic E-state index is 4.35. The molecule has 0 saturated heterocycles. The monoisotopic (exact) mass is 353 g/mol. The Bertz CT molecular complexity index is 1030. The SMILES string of the molecule is CC(C)(C)c1cc(-n2cncn2)cc(-c2ccccc2)c1-c1ccccc1. The zero-order valence-electron chi connectivity index (χ0n) is 15.9. The average Bonchev–Trinajstić information content (AvgIpc) is 3.22. The van der Waals surface area contributed by atoms with Crippen LogP contribution >= 0.6 is 0 Å². The fourth-order valence-corrected chi connectivity index (χ4v) is 3.45. The van der Waals surface area contributed by atoms with Crippen molar-refractivity contribution in [2.24, 2.45) is 0 Å². The number of nitrogens with zero attached hydrogens (tertiary/aromatic N) is 3. The molecule has 27 heavy (non-hydrogen) atoms. The fourth-order valence-electron chi connectivity index (χ4n) is 3.45. The molecular weight excluding hydrogens is 330 g/mol. The predicted octanol–water partition coefficient (Wildman–Crippen LogP) is 5.90. The van der Waals surface area contributed by atoms with Gasteiger partial charge in [0, 0.05) is 0 Å². The summed E-state index contributed by atoms with van der Waals surface area (Å²) in [4.78, 5) is 4.13. The third-order valence-electron chi connectivity index (χ3n) is 4.76. The standard InChI is InChI=1S/C24H23N3/c1-24(2,3)22-15-20(27-17-25-16-26-27)14-21(18-10-6-4-7-11-18)23(22)19-12-8-5-9-13-19/h4-17H,1-3H3. The molecule has 3 heteroatoms. The van der Waals surface area contributed by atoms with Gasteiger partial charge in [-0.05, 0) is 45.4 Å². The first kappa shape index (κ1) is 17.2. The molecule has 4 aromatic rings. The van der Waals surface area contributed by atoms with E-state index in [-0.39, 0.29) is 5.41 Å². The van der Waals surface area contributed by atoms with Gasteiger partial charge in [0.2, 0.25) is 0 Å². The smallest absolute Gasteiger partial charge is 0.138 e. The molecule has 0 unspecified atom stereocenters. The first-order valence-electron chi connectivity index (χ1n) is 9.18. The minimum Gasteiger partial charge on any atom is -0.223 e. The van der Waals surface area contributed by atoms with Crippen LogP contribution in [0.2, 0.25) is 0 Å². The summed E-state index contributed by atoms with van der Waals surface area (Å²) >= 11 is 0. The lowest BCUT2D eigenvalue weighted by Crippen LogP contribution is -2.15. The third-order valence-corrected chi connectivity index (χ3v) is 4.76. The minimum absolute atomic E-state index is 0.0225. The molecule has 0 amide bonds. The number of hydrogen-bond donors (Lipinski definition) is 0. The van der Waals surface area contributed by atoms with Crippen LogP contribution in [-0.4, -0.2) is 14.8 Å². The Morgan fingerprint density at radius 3 is 1.96 bits per heavy atom. The van der Waals surface area contributed by atoms with E-state index in [1.165, 1.54) is 27.8 Å². The van der Waals surface area contributed by atoms with Gasteiger partial charge in [-0.1, -0.05) is 81.4 Å². The Kier molecular flexibility index (Phi) is 4.36. The van der Waals surface area contributed by atoms with Gasteiger partial charge in [-0.25, -0.2) is 9.67 Å². The fraction of sp³-hybridized carbons (Fsp3) is 0.167. The molecule has 0 aliphatic carbocycles. The largest absolute Gasteiger partial charge is 0.223 e. The van der Waals surface area contributed by atoms with E-state index in [0.717, 1.165) is 5.69 Å². The van der Waals surface area contributed by atoms with Crippen molar-refractivity contribution in [1.29, 1.82) is 0 Å². The molecule has 0 bridgehead atoms. The van der Waals surface area contributed by atoms with Crippen molar-refractivity contribution in [3.8, 4) is 27.9 Å². The van der Waals surface area contributed by atoms with Crippen LogP contribution in [0.25, 0.3) is 27.9 Å². The quantitative estimate of drug-likeness (QED) is 0.459. The number of rotatable bonds is 3. The highest BCUT2D eigenvalue weighted by atomic mass is 15.3. The lowest BCUT2D eigenvalue weighted by molar-refractivity contribution is 0.591. The number of benzene rings is 3. The maximum absolute atomic E-state index is 4.35. The highest BCUT2D eigenvalue weighted by Crippen LogP contribution is 2.41. The molecule has 1 heterocycles. The van der Waals surface area contributed by atoms with Crippen LogP contribution in [0.4, 0.5) is 0 Å². The molecule has 0 radical (unpaired) electrons. The van der Waals surface area contributed by atoms with Gasteiger partial charge < -0.3 is 0 Å². The summed E-state index contributed by atoms with van der Waals surface area (Å²) in [5.41, 5.74) is 7.20. The van der Waals surface area contributed by atoms with Gasteiger partial charge in [0.25, 0.3) is 0 Å². The van der Waals surface area contributed by atoms with E-state index >= 15 is 0 Å². The van der Waals surface area contributed by atoms with Crippen LogP contribution in [0.3, 0.4) is 0 Å². The van der Waals surface area contributed by atoms with Crippen molar-refractivity contribution < 1.29 is 0 Å². The van der Waals surface area contributed by atoms with E-state index < -0.39 is 0 Å². The van der Waals surface area contributed by atoms with Gasteiger partial charge in [0.1, 0.15) is 12.7 Å². The van der Waals surface area contributed by atoms with E-state index in [1.54, 1.807) is 12.7 Å². The molecule has 0 N–H and O–H groups in total. The van der Waals surface area contributed by atoms with Crippen LogP contribution in [0.15, 0.2) is 85.5 Å². The molecule has 0 spiro atoms. The van der Waals surface area contributed by atoms with Gasteiger partial charge in [-0.2, -0.15) is 5.10 Å². The molecule has 1 aromatic heterocycles. The Labute approximate surface area is 160 Å². The van der Waals surface area contributed by atoms with E-state index in [4.69, 9.17) is 0 Å². The van der Waals surface area contributed by atoms with E-state index in [2.05, 4.69) is 104 Å². The molecule has 0 aliphatic rings. The van der Waals surface area contributed by atoms with Gasteiger partial charge in [0.15, 0.2) is 0 Å². The first-order valence-corrected chi connectivity index (χ1v) is 9.18. The van der Waals surface area contributed by atoms with Crippen molar-refractivity contribution in [3.63, 3.8) is 0 Å². The molecule has 3 aromatic carbocycles. The summed E-state index contributed by atoms with van der Waals surface area (Å²) in [6.07, 6.45) is 3.32. The molecule has 134 valence electrons. The molecule has 0 atom stereocenters. The summed E-state index contributed by atoms with van der Waals surface area (Å²) in [5, 5.41) is 4.35. The van der Waals surface area contributed by atoms with Crippen LogP contribution < -0.4 is 0 Å². The Balaban J connectivity index is 2.09. The predicted molar refractivity (Wildman–Crippen MR) is 111 cm³/mol. The van der Waals surface area contributed by atoms with Crippen LogP contribution in [0.5, 0.6) is 0 Å². The van der Waals surface area contributed by atoms with Crippen molar-refractivity contribution in [2.45, 2.75) is 26.2 Å². The average molecular weight is 353 g/mol. The highest BCUT2D eigenvalue weighted by Gasteiger charge is 2.23. The summed E-state index contributed by atoms with van der Waals surface area (Å²) < 4.78 is 1.83. The zero-order valence-corrected chi connectivity index (χ0v) is 15.9. The van der Waals surface area contributed by atoms with Gasteiger partial charge in [-0.15, -0.1) is 0 Å². The molecular formula is C24H23N3. The Hall–Kier alpha value is -3.20. The number of aromatic nitrogens is 3. The van der Waals surface area contributed by atoms with Gasteiger partial charge in [0.05, 0.1) is 5.69 Å². The van der Waals surface area contributed by atoms with Gasteiger partial charge in [-0.3, -0.25) is 0 Å². The first-order chi connectivity index (χ1) is 13.0. The third kappa shape index (κ3) is 3.41. The lowest BCUT2D eigenvalue weighted by atomic mass is 9.78. The van der Waals surface area contributed by atoms with Crippen molar-refractivity contribution >= 4 is 0 Å². The molecule has 3 nitrogen and oxygen atoms in total. The second kappa shape index (κ2) is 6.84. The summed E-state index contributed by atoms with van der Waals surface area (Å²) in [7, 11) is 0. The van der Waals surface area contributed by atoms with E-state index in [1.807, 2.05) is 4.68 Å². The summed E-state index contributed by atoms with van der Waals surface area (Å²) in [6, 6.07) is 25.6. The lowest BCUT2D eigenvalue weighted by Gasteiger charge is -2.27. The van der Waals surface area contributed by atoms with Crippen LogP contribution in [0, 0.1) is 0 Å². The summed E-state index contributed by atoms with van der Waals surface area (Å²) in [6.45, 7) is 6.78. The van der Waals surface area contributed by atoms with Crippen molar-refractivity contribution in [3.05, 3.63) is 91.0 Å². The van der Waals surface area contributed by atoms with Gasteiger partial charge >= 0.3 is 0 Å². The molecule has 0 saturated carbocycles. The second-order valence-electron chi connectivity index (χ2n) is 7.74. The van der Waals surface area contributed by atoms with Crippen LogP contribution in [0.1, 0.15) is 26.3 Å². The second-order valence-corrected chi connectivity index (χ2v) is 7.74. The molecule has 4 rings (SSSR count). The normalized spacial score (nSPS) is 11.5. The van der Waals surface area contributed by atoms with Crippen molar-refractivity contribution in [1.82, 2.24) is 14.8 Å². The minimum atomic E-state index is -0.0225. The topological polar surface area (TPSA) is 30.7 Å². The zero-order chi connectivity index (χ0) is 18.9. The Morgan fingerprint density at radius 1 is 0.778 bits per heavy atom. The Morgan fingerprint density at radius 2 is 1.41 bits per heavy atom.